The lowest BCUT2D eigenvalue weighted by Crippen LogP contribution is -2.30. The van der Waals surface area contributed by atoms with Crippen molar-refractivity contribution in [3.05, 3.63) is 12.2 Å². The van der Waals surface area contributed by atoms with E-state index in [2.05, 4.69) is 23.9 Å². The monoisotopic (exact) mass is 239 g/mol. The number of aliphatic hydroxyl groups is 1. The van der Waals surface area contributed by atoms with Gasteiger partial charge in [-0.15, -0.1) is 0 Å². The van der Waals surface area contributed by atoms with E-state index in [1.54, 1.807) is 6.33 Å². The van der Waals surface area contributed by atoms with Crippen molar-refractivity contribution < 1.29 is 9.84 Å². The first-order chi connectivity index (χ1) is 8.15. The molecule has 1 saturated heterocycles. The number of aromatic nitrogens is 3. The number of hydrogen-bond acceptors (Lipinski definition) is 4. The Hall–Kier alpha value is -0.940. The van der Waals surface area contributed by atoms with E-state index in [1.807, 2.05) is 4.68 Å². The average Bonchev–Trinajstić information content (AvgIpc) is 2.90. The number of nitrogens with zero attached hydrogens (tertiary/aromatic N) is 3. The van der Waals surface area contributed by atoms with Crippen LogP contribution in [0, 0.1) is 11.3 Å². The predicted molar refractivity (Wildman–Crippen MR) is 63.5 cm³/mol. The van der Waals surface area contributed by atoms with Gasteiger partial charge in [-0.1, -0.05) is 13.8 Å². The summed E-state index contributed by atoms with van der Waals surface area (Å²) in [6.07, 6.45) is 3.24. The molecule has 1 aromatic heterocycles. The Morgan fingerprint density at radius 2 is 2.41 bits per heavy atom. The van der Waals surface area contributed by atoms with Crippen molar-refractivity contribution in [3.63, 3.8) is 0 Å². The van der Waals surface area contributed by atoms with Crippen molar-refractivity contribution in [3.8, 4) is 0 Å². The molecule has 5 nitrogen and oxygen atoms in total. The Balaban J connectivity index is 2.09. The molecule has 17 heavy (non-hydrogen) atoms. The normalized spacial score (nSPS) is 24.7. The van der Waals surface area contributed by atoms with Crippen LogP contribution in [0.2, 0.25) is 0 Å². The van der Waals surface area contributed by atoms with E-state index in [9.17, 15) is 5.11 Å². The third kappa shape index (κ3) is 2.84. The number of hydrogen-bond donors (Lipinski definition) is 1. The van der Waals surface area contributed by atoms with E-state index in [-0.39, 0.29) is 12.0 Å². The Morgan fingerprint density at radius 3 is 3.00 bits per heavy atom. The summed E-state index contributed by atoms with van der Waals surface area (Å²) in [5.74, 6) is 1.50. The summed E-state index contributed by atoms with van der Waals surface area (Å²) in [5.41, 5.74) is -0.151. The highest BCUT2D eigenvalue weighted by Gasteiger charge is 2.36. The second-order valence-corrected chi connectivity index (χ2v) is 5.39. The van der Waals surface area contributed by atoms with Crippen LogP contribution in [0.5, 0.6) is 0 Å². The second kappa shape index (κ2) is 5.14. The molecule has 1 aliphatic heterocycles. The van der Waals surface area contributed by atoms with E-state index >= 15 is 0 Å². The maximum absolute atomic E-state index is 9.55. The van der Waals surface area contributed by atoms with Gasteiger partial charge in [0.25, 0.3) is 0 Å². The molecule has 0 bridgehead atoms. The number of rotatable bonds is 5. The van der Waals surface area contributed by atoms with E-state index in [1.165, 1.54) is 0 Å². The minimum absolute atomic E-state index is 0.151. The smallest absolute Gasteiger partial charge is 0.138 e. The van der Waals surface area contributed by atoms with Gasteiger partial charge in [-0.05, 0) is 12.3 Å². The van der Waals surface area contributed by atoms with Crippen LogP contribution in [-0.2, 0) is 17.7 Å². The highest BCUT2D eigenvalue weighted by atomic mass is 16.5. The number of aliphatic hydroxyl groups excluding tert-OH is 1. The molecule has 1 aromatic rings. The molecule has 2 rings (SSSR count). The van der Waals surface area contributed by atoms with Crippen LogP contribution in [-0.4, -0.2) is 39.7 Å². The molecular formula is C12H21N3O2. The van der Waals surface area contributed by atoms with Gasteiger partial charge >= 0.3 is 0 Å². The van der Waals surface area contributed by atoms with Crippen molar-refractivity contribution >= 4 is 0 Å². The van der Waals surface area contributed by atoms with Crippen LogP contribution < -0.4 is 0 Å². The summed E-state index contributed by atoms with van der Waals surface area (Å²) >= 11 is 0. The molecule has 1 fully saturated rings. The standard InChI is InChI=1S/C12H21N3O2/c1-10(2)6-15-11(13-9-14-15)5-12(7-16)3-4-17-8-12/h9-10,16H,3-8H2,1-2H3. The second-order valence-electron chi connectivity index (χ2n) is 5.39. The summed E-state index contributed by atoms with van der Waals surface area (Å²) in [6, 6.07) is 0. The van der Waals surface area contributed by atoms with Gasteiger partial charge in [-0.3, -0.25) is 0 Å². The molecule has 5 heteroatoms. The van der Waals surface area contributed by atoms with Crippen molar-refractivity contribution in [2.24, 2.45) is 11.3 Å². The third-order valence-electron chi connectivity index (χ3n) is 3.29. The molecule has 2 heterocycles. The first kappa shape index (κ1) is 12.5. The van der Waals surface area contributed by atoms with Crippen molar-refractivity contribution in [2.75, 3.05) is 19.8 Å². The SMILES string of the molecule is CC(C)Cn1ncnc1CC1(CO)CCOC1. The van der Waals surface area contributed by atoms with Crippen molar-refractivity contribution in [1.82, 2.24) is 14.8 Å². The van der Waals surface area contributed by atoms with Crippen LogP contribution in [0.3, 0.4) is 0 Å². The lowest BCUT2D eigenvalue weighted by Gasteiger charge is -2.24. The number of ether oxygens (including phenoxy) is 1. The Kier molecular flexibility index (Phi) is 3.79. The molecule has 0 aromatic carbocycles. The molecule has 0 amide bonds. The third-order valence-corrected chi connectivity index (χ3v) is 3.29. The van der Waals surface area contributed by atoms with Crippen LogP contribution in [0.25, 0.3) is 0 Å². The first-order valence-corrected chi connectivity index (χ1v) is 6.20. The van der Waals surface area contributed by atoms with Gasteiger partial charge in [0.1, 0.15) is 12.2 Å². The minimum Gasteiger partial charge on any atom is -0.396 e. The fraction of sp³-hybridized carbons (Fsp3) is 0.833. The van der Waals surface area contributed by atoms with E-state index in [4.69, 9.17) is 4.74 Å². The quantitative estimate of drug-likeness (QED) is 0.828. The van der Waals surface area contributed by atoms with E-state index in [0.717, 1.165) is 31.8 Å². The van der Waals surface area contributed by atoms with Crippen LogP contribution in [0.15, 0.2) is 6.33 Å². The molecule has 0 aliphatic carbocycles. The lowest BCUT2D eigenvalue weighted by atomic mass is 9.84. The van der Waals surface area contributed by atoms with Crippen LogP contribution in [0.4, 0.5) is 0 Å². The molecule has 1 atom stereocenters. The predicted octanol–water partition coefficient (Wildman–Crippen LogP) is 0.876. The van der Waals surface area contributed by atoms with Crippen molar-refractivity contribution in [2.45, 2.75) is 33.2 Å². The highest BCUT2D eigenvalue weighted by Crippen LogP contribution is 2.31. The van der Waals surface area contributed by atoms with Gasteiger partial charge in [-0.25, -0.2) is 9.67 Å². The Bertz CT molecular complexity index is 356. The maximum Gasteiger partial charge on any atom is 0.138 e. The van der Waals surface area contributed by atoms with Crippen LogP contribution >= 0.6 is 0 Å². The van der Waals surface area contributed by atoms with E-state index in [0.29, 0.717) is 12.5 Å². The van der Waals surface area contributed by atoms with Gasteiger partial charge in [0, 0.05) is 25.0 Å². The summed E-state index contributed by atoms with van der Waals surface area (Å²) < 4.78 is 7.35. The van der Waals surface area contributed by atoms with Gasteiger partial charge < -0.3 is 9.84 Å². The molecule has 0 spiro atoms. The largest absolute Gasteiger partial charge is 0.396 e. The van der Waals surface area contributed by atoms with Gasteiger partial charge in [0.05, 0.1) is 13.2 Å². The maximum atomic E-state index is 9.55. The Labute approximate surface area is 102 Å². The van der Waals surface area contributed by atoms with Gasteiger partial charge in [0.2, 0.25) is 0 Å². The molecule has 96 valence electrons. The molecule has 0 saturated carbocycles. The van der Waals surface area contributed by atoms with Gasteiger partial charge in [-0.2, -0.15) is 5.10 Å². The van der Waals surface area contributed by atoms with Crippen LogP contribution in [0.1, 0.15) is 26.1 Å². The molecule has 0 radical (unpaired) electrons. The minimum atomic E-state index is -0.151. The molecule has 1 aliphatic rings. The summed E-state index contributed by atoms with van der Waals surface area (Å²) in [7, 11) is 0. The van der Waals surface area contributed by atoms with Gasteiger partial charge in [0.15, 0.2) is 0 Å². The Morgan fingerprint density at radius 1 is 1.59 bits per heavy atom. The fourth-order valence-electron chi connectivity index (χ4n) is 2.23. The summed E-state index contributed by atoms with van der Waals surface area (Å²) in [4.78, 5) is 4.31. The molecule has 1 N–H and O–H groups in total. The topological polar surface area (TPSA) is 60.2 Å². The fourth-order valence-corrected chi connectivity index (χ4v) is 2.23. The lowest BCUT2D eigenvalue weighted by molar-refractivity contribution is 0.0908. The average molecular weight is 239 g/mol. The summed E-state index contributed by atoms with van der Waals surface area (Å²) in [5, 5.41) is 13.8. The summed E-state index contributed by atoms with van der Waals surface area (Å²) in [6.45, 7) is 6.70. The highest BCUT2D eigenvalue weighted by molar-refractivity contribution is 4.96. The van der Waals surface area contributed by atoms with Crippen molar-refractivity contribution in [1.29, 1.82) is 0 Å². The zero-order valence-corrected chi connectivity index (χ0v) is 10.6. The first-order valence-electron chi connectivity index (χ1n) is 6.20. The molecular weight excluding hydrogens is 218 g/mol. The molecule has 1 unspecified atom stereocenters. The zero-order chi connectivity index (χ0) is 12.3. The zero-order valence-electron chi connectivity index (χ0n) is 10.6. The van der Waals surface area contributed by atoms with E-state index < -0.39 is 0 Å².